The van der Waals surface area contributed by atoms with E-state index in [1.165, 1.54) is 0 Å². The van der Waals surface area contributed by atoms with E-state index in [9.17, 15) is 19.2 Å². The molecule has 0 spiro atoms. The number of hydrogen-bond acceptors (Lipinski definition) is 9. The van der Waals surface area contributed by atoms with Gasteiger partial charge in [-0.2, -0.15) is 0 Å². The fourth-order valence-corrected chi connectivity index (χ4v) is 6.60. The number of primary amides is 3. The van der Waals surface area contributed by atoms with Crippen molar-refractivity contribution in [3.05, 3.63) is 0 Å². The van der Waals surface area contributed by atoms with E-state index in [1.807, 2.05) is 28.5 Å². The Labute approximate surface area is 235 Å². The molecule has 1 saturated heterocycles. The van der Waals surface area contributed by atoms with Gasteiger partial charge in [0.1, 0.15) is 0 Å². The van der Waals surface area contributed by atoms with Crippen LogP contribution in [0.3, 0.4) is 0 Å². The number of carbonyl (C=O) groups is 4. The molecule has 1 fully saturated rings. The first kappa shape index (κ1) is 34.9. The first-order chi connectivity index (χ1) is 18.4. The maximum absolute atomic E-state index is 12.7. The topological polar surface area (TPSA) is 181 Å². The molecule has 226 valence electrons. The van der Waals surface area contributed by atoms with Gasteiger partial charge in [-0.25, -0.2) is 0 Å². The third-order valence-electron chi connectivity index (χ3n) is 6.48. The maximum atomic E-state index is 12.7. The van der Waals surface area contributed by atoms with E-state index >= 15 is 0 Å². The molecule has 39 heavy (non-hydrogen) atoms. The van der Waals surface area contributed by atoms with Crippen LogP contribution >= 0.6 is 0 Å². The first-order valence-corrected chi connectivity index (χ1v) is 16.5. The fraction of sp³-hybridized carbons (Fsp3) is 0.840. The quantitative estimate of drug-likeness (QED) is 0.132. The van der Waals surface area contributed by atoms with Crippen molar-refractivity contribution in [1.29, 1.82) is 0 Å². The summed E-state index contributed by atoms with van der Waals surface area (Å²) in [7, 11) is -1.21. The zero-order chi connectivity index (χ0) is 29.2. The monoisotopic (exact) mass is 572 g/mol. The van der Waals surface area contributed by atoms with Gasteiger partial charge in [-0.15, -0.1) is 0 Å². The Morgan fingerprint density at radius 1 is 0.718 bits per heavy atom. The third-order valence-corrected chi connectivity index (χ3v) is 8.71. The van der Waals surface area contributed by atoms with Gasteiger partial charge in [-0.05, 0) is 71.9 Å². The van der Waals surface area contributed by atoms with Crippen LogP contribution in [0.2, 0.25) is 12.6 Å². The number of hydrogen-bond donors (Lipinski definition) is 4. The lowest BCUT2D eigenvalue weighted by Crippen LogP contribution is -2.47. The lowest BCUT2D eigenvalue weighted by Gasteiger charge is -2.31. The van der Waals surface area contributed by atoms with Gasteiger partial charge in [0.2, 0.25) is 23.6 Å². The molecule has 1 atom stereocenters. The molecule has 13 nitrogen and oxygen atoms in total. The molecule has 0 aromatic heterocycles. The van der Waals surface area contributed by atoms with Gasteiger partial charge in [0.25, 0.3) is 0 Å². The Hall–Kier alpha value is -2.10. The van der Waals surface area contributed by atoms with Crippen LogP contribution in [0, 0.1) is 0 Å². The predicted molar refractivity (Wildman–Crippen MR) is 154 cm³/mol. The summed E-state index contributed by atoms with van der Waals surface area (Å²) in [5, 5.41) is 3.03. The molecular weight excluding hydrogens is 520 g/mol. The second-order valence-corrected chi connectivity index (χ2v) is 13.2. The van der Waals surface area contributed by atoms with Crippen molar-refractivity contribution in [1.82, 2.24) is 24.9 Å². The lowest BCUT2D eigenvalue weighted by atomic mass is 10.2. The van der Waals surface area contributed by atoms with Crippen LogP contribution < -0.4 is 22.5 Å². The van der Waals surface area contributed by atoms with Crippen molar-refractivity contribution >= 4 is 32.7 Å². The summed E-state index contributed by atoms with van der Waals surface area (Å²) in [6.07, 6.45) is 2.57. The van der Waals surface area contributed by atoms with E-state index < -0.39 is 26.8 Å². The largest absolute Gasteiger partial charge is 0.418 e. The molecule has 1 rings (SSSR count). The number of nitrogens with two attached hydrogens (primary N) is 3. The van der Waals surface area contributed by atoms with Gasteiger partial charge >= 0.3 is 0 Å². The van der Waals surface area contributed by atoms with Crippen LogP contribution in [0.15, 0.2) is 0 Å². The summed E-state index contributed by atoms with van der Waals surface area (Å²) in [5.74, 6) is -1.27. The van der Waals surface area contributed by atoms with Gasteiger partial charge in [0, 0.05) is 38.8 Å². The van der Waals surface area contributed by atoms with E-state index in [4.69, 9.17) is 21.6 Å². The Morgan fingerprint density at radius 2 is 1.10 bits per heavy atom. The van der Waals surface area contributed by atoms with E-state index in [0.29, 0.717) is 65.3 Å². The summed E-state index contributed by atoms with van der Waals surface area (Å²) in [6, 6.07) is 1.01. The number of amides is 4. The molecular formula is C25H52N8O5Si. The summed E-state index contributed by atoms with van der Waals surface area (Å²) >= 11 is 0. The van der Waals surface area contributed by atoms with E-state index in [1.54, 1.807) is 0 Å². The van der Waals surface area contributed by atoms with Crippen molar-refractivity contribution in [3.8, 4) is 0 Å². The summed E-state index contributed by atoms with van der Waals surface area (Å²) in [6.45, 7) is 12.3. The minimum absolute atomic E-state index is 0.0345. The molecule has 0 saturated carbocycles. The maximum Gasteiger partial charge on any atom is 0.234 e. The Bertz CT molecular complexity index is 760. The minimum Gasteiger partial charge on any atom is -0.418 e. The van der Waals surface area contributed by atoms with Crippen LogP contribution in [0.1, 0.15) is 33.1 Å². The first-order valence-electron chi connectivity index (χ1n) is 14.1. The molecule has 1 unspecified atom stereocenters. The van der Waals surface area contributed by atoms with Crippen LogP contribution in [-0.4, -0.2) is 143 Å². The van der Waals surface area contributed by atoms with Crippen molar-refractivity contribution in [2.24, 2.45) is 17.2 Å². The van der Waals surface area contributed by atoms with Crippen molar-refractivity contribution in [2.75, 3.05) is 85.1 Å². The second-order valence-electron chi connectivity index (χ2n) is 10.7. The third kappa shape index (κ3) is 18.8. The van der Waals surface area contributed by atoms with E-state index in [-0.39, 0.29) is 38.2 Å². The van der Waals surface area contributed by atoms with Crippen LogP contribution in [0.4, 0.5) is 0 Å². The normalized spacial score (nSPS) is 18.9. The number of carbonyl (C=O) groups excluding carboxylic acids is 4. The van der Waals surface area contributed by atoms with Crippen LogP contribution in [0.25, 0.3) is 0 Å². The SMILES string of the molecule is CC(C)O[SiH](C)CCCNC(=O)CN1CCCN(CC(N)=O)CCN(CC(N)=O)CCCN(CC(N)=O)CC1. The Balaban J connectivity index is 2.79. The van der Waals surface area contributed by atoms with Gasteiger partial charge in [-0.1, -0.05) is 0 Å². The summed E-state index contributed by atoms with van der Waals surface area (Å²) in [4.78, 5) is 55.6. The summed E-state index contributed by atoms with van der Waals surface area (Å²) < 4.78 is 5.88. The smallest absolute Gasteiger partial charge is 0.234 e. The molecule has 1 heterocycles. The molecule has 4 amide bonds. The number of rotatable bonds is 14. The van der Waals surface area contributed by atoms with Gasteiger partial charge in [-0.3, -0.25) is 38.8 Å². The molecule has 1 aliphatic heterocycles. The van der Waals surface area contributed by atoms with E-state index in [0.717, 1.165) is 18.9 Å². The van der Waals surface area contributed by atoms with Crippen molar-refractivity contribution in [2.45, 2.75) is 51.8 Å². The standard InChI is InChI=1S/C25H52N8O5Si/c1-21(2)38-39(3)16-4-7-29-25(37)20-33-11-6-10-31(18-23(27)35)13-12-30(17-22(26)34)8-5-9-32(14-15-33)19-24(28)36/h21,39H,4-20H2,1-3H3,(H2,26,34)(H2,27,35)(H2,28,36)(H,29,37). The highest BCUT2D eigenvalue weighted by Crippen LogP contribution is 2.04. The predicted octanol–water partition coefficient (Wildman–Crippen LogP) is -2.27. The van der Waals surface area contributed by atoms with Crippen LogP contribution in [0.5, 0.6) is 0 Å². The van der Waals surface area contributed by atoms with Gasteiger partial charge in [0.15, 0.2) is 9.04 Å². The zero-order valence-corrected chi connectivity index (χ0v) is 25.4. The average Bonchev–Trinajstić information content (AvgIpc) is 2.81. The van der Waals surface area contributed by atoms with Gasteiger partial charge < -0.3 is 26.9 Å². The molecule has 0 aliphatic carbocycles. The number of nitrogens with zero attached hydrogens (tertiary/aromatic N) is 4. The molecule has 1 aliphatic rings. The molecule has 0 bridgehead atoms. The summed E-state index contributed by atoms with van der Waals surface area (Å²) in [5.41, 5.74) is 16.4. The minimum atomic E-state index is -1.21. The van der Waals surface area contributed by atoms with E-state index in [2.05, 4.69) is 16.8 Å². The lowest BCUT2D eigenvalue weighted by molar-refractivity contribution is -0.123. The molecule has 0 radical (unpaired) electrons. The molecule has 0 aromatic rings. The molecule has 7 N–H and O–H groups in total. The number of nitrogens with one attached hydrogen (secondary N) is 1. The highest BCUT2D eigenvalue weighted by atomic mass is 28.3. The van der Waals surface area contributed by atoms with Gasteiger partial charge in [0.05, 0.1) is 26.2 Å². The highest BCUT2D eigenvalue weighted by molar-refractivity contribution is 6.50. The molecule has 14 heteroatoms. The zero-order valence-electron chi connectivity index (χ0n) is 24.2. The Kier molecular flexibility index (Phi) is 17.8. The highest BCUT2D eigenvalue weighted by Gasteiger charge is 2.18. The second kappa shape index (κ2) is 19.9. The van der Waals surface area contributed by atoms with Crippen LogP contribution in [-0.2, 0) is 23.6 Å². The van der Waals surface area contributed by atoms with Crippen molar-refractivity contribution < 1.29 is 23.6 Å². The fourth-order valence-electron chi connectivity index (χ4n) is 4.75. The average molecular weight is 573 g/mol. The Morgan fingerprint density at radius 3 is 1.46 bits per heavy atom. The van der Waals surface area contributed by atoms with Crippen molar-refractivity contribution in [3.63, 3.8) is 0 Å². The molecule has 0 aromatic carbocycles.